The van der Waals surface area contributed by atoms with Crippen molar-refractivity contribution in [2.75, 3.05) is 29.1 Å². The number of nitrogens with two attached hydrogens (primary N) is 2. The van der Waals surface area contributed by atoms with Gasteiger partial charge < -0.3 is 21.5 Å². The molecule has 2 heterocycles. The number of nitrogens with zero attached hydrogens (tertiary/aromatic N) is 2. The summed E-state index contributed by atoms with van der Waals surface area (Å²) >= 11 is 2.80. The van der Waals surface area contributed by atoms with Gasteiger partial charge in [-0.15, -0.1) is 11.3 Å². The molecule has 10 heteroatoms. The van der Waals surface area contributed by atoms with Crippen LogP contribution in [-0.4, -0.2) is 34.2 Å². The first-order valence-electron chi connectivity index (χ1n) is 9.62. The third-order valence-electron chi connectivity index (χ3n) is 4.46. The highest BCUT2D eigenvalue weighted by molar-refractivity contribution is 7.99. The van der Waals surface area contributed by atoms with Crippen LogP contribution in [0.4, 0.5) is 16.6 Å². The van der Waals surface area contributed by atoms with E-state index < -0.39 is 0 Å². The number of nitrogens with one attached hydrogen (secondary N) is 1. The van der Waals surface area contributed by atoms with E-state index in [9.17, 15) is 9.59 Å². The topological polar surface area (TPSA) is 133 Å². The first kappa shape index (κ1) is 21.4. The van der Waals surface area contributed by atoms with E-state index in [1.54, 1.807) is 6.92 Å². The Labute approximate surface area is 177 Å². The van der Waals surface area contributed by atoms with E-state index in [1.165, 1.54) is 34.0 Å². The van der Waals surface area contributed by atoms with Crippen molar-refractivity contribution in [2.24, 2.45) is 0 Å². The second kappa shape index (κ2) is 9.93. The number of anilines is 3. The van der Waals surface area contributed by atoms with E-state index in [1.807, 2.05) is 0 Å². The Hall–Kier alpha value is -2.33. The van der Waals surface area contributed by atoms with Crippen molar-refractivity contribution >= 4 is 51.6 Å². The largest absolute Gasteiger partial charge is 0.462 e. The first-order chi connectivity index (χ1) is 14.0. The Morgan fingerprint density at radius 1 is 1.21 bits per heavy atom. The number of aromatic nitrogens is 2. The Bertz CT molecular complexity index is 880. The maximum Gasteiger partial charge on any atom is 0.341 e. The SMILES string of the molecule is CCOC(=O)c1c(NC(=O)CCSc2nc(N)cc(N)n2)sc2c1CCCCC2. The van der Waals surface area contributed by atoms with E-state index in [0.29, 0.717) is 39.7 Å². The third-order valence-corrected chi connectivity index (χ3v) is 6.52. The molecule has 8 nitrogen and oxygen atoms in total. The highest BCUT2D eigenvalue weighted by atomic mass is 32.2. The molecule has 3 rings (SSSR count). The predicted octanol–water partition coefficient (Wildman–Crippen LogP) is 3.27. The van der Waals surface area contributed by atoms with Crippen molar-refractivity contribution in [3.05, 3.63) is 22.1 Å². The normalized spacial score (nSPS) is 13.4. The van der Waals surface area contributed by atoms with Crippen LogP contribution in [0.5, 0.6) is 0 Å². The third kappa shape index (κ3) is 5.60. The van der Waals surface area contributed by atoms with Crippen molar-refractivity contribution in [2.45, 2.75) is 50.6 Å². The monoisotopic (exact) mass is 435 g/mol. The van der Waals surface area contributed by atoms with Crippen LogP contribution in [0, 0.1) is 0 Å². The lowest BCUT2D eigenvalue weighted by atomic mass is 10.1. The molecule has 0 unspecified atom stereocenters. The summed E-state index contributed by atoms with van der Waals surface area (Å²) in [7, 11) is 0. The number of rotatable bonds is 7. The zero-order chi connectivity index (χ0) is 20.8. The van der Waals surface area contributed by atoms with Gasteiger partial charge in [0.2, 0.25) is 5.91 Å². The molecule has 0 saturated heterocycles. The molecule has 1 aliphatic carbocycles. The Kier molecular flexibility index (Phi) is 7.32. The molecule has 156 valence electrons. The number of esters is 1. The Morgan fingerprint density at radius 3 is 2.66 bits per heavy atom. The molecule has 1 amide bonds. The van der Waals surface area contributed by atoms with E-state index >= 15 is 0 Å². The minimum absolute atomic E-state index is 0.170. The minimum atomic E-state index is -0.361. The lowest BCUT2D eigenvalue weighted by Crippen LogP contribution is -2.15. The van der Waals surface area contributed by atoms with Crippen molar-refractivity contribution in [1.82, 2.24) is 9.97 Å². The number of fused-ring (bicyclic) bond motifs is 1. The average molecular weight is 436 g/mol. The molecule has 0 aliphatic heterocycles. The maximum absolute atomic E-state index is 12.5. The molecule has 0 fully saturated rings. The van der Waals surface area contributed by atoms with Crippen molar-refractivity contribution in [3.63, 3.8) is 0 Å². The zero-order valence-corrected chi connectivity index (χ0v) is 18.0. The fraction of sp³-hybridized carbons (Fsp3) is 0.474. The van der Waals surface area contributed by atoms with E-state index in [0.717, 1.165) is 37.7 Å². The standard InChI is InChI=1S/C19H25N5O3S2/c1-2-27-18(26)16-11-6-4-3-5-7-12(11)29-17(16)24-15(25)8-9-28-19-22-13(20)10-14(21)23-19/h10H,2-9H2,1H3,(H,24,25)(H4,20,21,22,23). The van der Waals surface area contributed by atoms with Gasteiger partial charge in [0.05, 0.1) is 12.2 Å². The number of ether oxygens (including phenoxy) is 1. The van der Waals surface area contributed by atoms with Gasteiger partial charge >= 0.3 is 5.97 Å². The van der Waals surface area contributed by atoms with Crippen LogP contribution in [0.3, 0.4) is 0 Å². The number of nitrogen functional groups attached to an aromatic ring is 2. The van der Waals surface area contributed by atoms with Crippen LogP contribution in [0.1, 0.15) is 53.4 Å². The zero-order valence-electron chi connectivity index (χ0n) is 16.3. The molecule has 0 atom stereocenters. The van der Waals surface area contributed by atoms with Crippen LogP contribution < -0.4 is 16.8 Å². The molecule has 0 saturated carbocycles. The molecule has 0 spiro atoms. The molecule has 2 aromatic heterocycles. The van der Waals surface area contributed by atoms with Crippen LogP contribution in [0.15, 0.2) is 11.2 Å². The van der Waals surface area contributed by atoms with Gasteiger partial charge in [-0.25, -0.2) is 14.8 Å². The number of thiophene rings is 1. The summed E-state index contributed by atoms with van der Waals surface area (Å²) < 4.78 is 5.25. The lowest BCUT2D eigenvalue weighted by Gasteiger charge is -2.08. The molecular formula is C19H25N5O3S2. The smallest absolute Gasteiger partial charge is 0.341 e. The average Bonchev–Trinajstić information content (AvgIpc) is 2.81. The van der Waals surface area contributed by atoms with Gasteiger partial charge in [0, 0.05) is 23.1 Å². The Balaban J connectivity index is 1.66. The molecule has 29 heavy (non-hydrogen) atoms. The fourth-order valence-electron chi connectivity index (χ4n) is 3.20. The summed E-state index contributed by atoms with van der Waals surface area (Å²) in [4.78, 5) is 34.4. The van der Waals surface area contributed by atoms with Crippen LogP contribution in [0.2, 0.25) is 0 Å². The minimum Gasteiger partial charge on any atom is -0.462 e. The van der Waals surface area contributed by atoms with Crippen LogP contribution in [-0.2, 0) is 22.4 Å². The summed E-state index contributed by atoms with van der Waals surface area (Å²) in [5, 5.41) is 3.94. The number of aryl methyl sites for hydroxylation is 1. The molecule has 0 bridgehead atoms. The highest BCUT2D eigenvalue weighted by Crippen LogP contribution is 2.38. The van der Waals surface area contributed by atoms with Crippen molar-refractivity contribution < 1.29 is 14.3 Å². The van der Waals surface area contributed by atoms with E-state index in [-0.39, 0.29) is 18.3 Å². The number of amides is 1. The number of carbonyl (C=O) groups excluding carboxylic acids is 2. The number of thioether (sulfide) groups is 1. The van der Waals surface area contributed by atoms with Gasteiger partial charge in [-0.2, -0.15) is 0 Å². The summed E-state index contributed by atoms with van der Waals surface area (Å²) in [5.41, 5.74) is 12.9. The molecule has 5 N–H and O–H groups in total. The van der Waals surface area contributed by atoms with Gasteiger partial charge in [0.25, 0.3) is 0 Å². The summed E-state index contributed by atoms with van der Waals surface area (Å²) in [5.74, 6) is 0.526. The first-order valence-corrected chi connectivity index (χ1v) is 11.4. The predicted molar refractivity (Wildman–Crippen MR) is 116 cm³/mol. The molecule has 2 aromatic rings. The van der Waals surface area contributed by atoms with Gasteiger partial charge in [-0.1, -0.05) is 18.2 Å². The summed E-state index contributed by atoms with van der Waals surface area (Å²) in [6.07, 6.45) is 5.32. The molecule has 0 aromatic carbocycles. The fourth-order valence-corrected chi connectivity index (χ4v) is 5.30. The van der Waals surface area contributed by atoms with Gasteiger partial charge in [-0.05, 0) is 38.2 Å². The van der Waals surface area contributed by atoms with Crippen LogP contribution in [0.25, 0.3) is 0 Å². The number of hydrogen-bond acceptors (Lipinski definition) is 9. The maximum atomic E-state index is 12.5. The molecule has 1 aliphatic rings. The summed E-state index contributed by atoms with van der Waals surface area (Å²) in [6.45, 7) is 2.08. The lowest BCUT2D eigenvalue weighted by molar-refractivity contribution is -0.115. The Morgan fingerprint density at radius 2 is 1.93 bits per heavy atom. The van der Waals surface area contributed by atoms with E-state index in [4.69, 9.17) is 16.2 Å². The quantitative estimate of drug-likeness (QED) is 0.261. The highest BCUT2D eigenvalue weighted by Gasteiger charge is 2.26. The second-order valence-electron chi connectivity index (χ2n) is 6.64. The van der Waals surface area contributed by atoms with Gasteiger partial charge in [0.15, 0.2) is 5.16 Å². The van der Waals surface area contributed by atoms with Gasteiger partial charge in [-0.3, -0.25) is 4.79 Å². The van der Waals surface area contributed by atoms with Crippen molar-refractivity contribution in [3.8, 4) is 0 Å². The van der Waals surface area contributed by atoms with Crippen LogP contribution >= 0.6 is 23.1 Å². The summed E-state index contributed by atoms with van der Waals surface area (Å²) in [6, 6.07) is 1.48. The second-order valence-corrected chi connectivity index (χ2v) is 8.80. The number of hydrogen-bond donors (Lipinski definition) is 3. The van der Waals surface area contributed by atoms with Gasteiger partial charge in [0.1, 0.15) is 16.6 Å². The van der Waals surface area contributed by atoms with E-state index in [2.05, 4.69) is 15.3 Å². The molecule has 0 radical (unpaired) electrons. The number of carbonyl (C=O) groups is 2. The van der Waals surface area contributed by atoms with Crippen molar-refractivity contribution in [1.29, 1.82) is 0 Å². The molecular weight excluding hydrogens is 410 g/mol.